The summed E-state index contributed by atoms with van der Waals surface area (Å²) in [6.07, 6.45) is 0. The number of hydrogen-bond donors (Lipinski definition) is 1. The molecule has 0 amide bonds. The van der Waals surface area contributed by atoms with E-state index in [1.54, 1.807) is 30.2 Å². The van der Waals surface area contributed by atoms with Crippen LogP contribution in [-0.2, 0) is 5.75 Å². The molecule has 0 unspecified atom stereocenters. The number of halogens is 1. The van der Waals surface area contributed by atoms with E-state index < -0.39 is 0 Å². The number of aromatic nitrogens is 2. The highest BCUT2D eigenvalue weighted by atomic mass is 79.9. The van der Waals surface area contributed by atoms with E-state index in [1.165, 1.54) is 4.88 Å². The van der Waals surface area contributed by atoms with E-state index >= 15 is 0 Å². The van der Waals surface area contributed by atoms with Crippen molar-refractivity contribution in [2.75, 3.05) is 7.11 Å². The lowest BCUT2D eigenvalue weighted by atomic mass is 10.3. The summed E-state index contributed by atoms with van der Waals surface area (Å²) in [4.78, 5) is 9.20. The second kappa shape index (κ2) is 5.56. The van der Waals surface area contributed by atoms with Gasteiger partial charge in [-0.1, -0.05) is 11.8 Å². The van der Waals surface area contributed by atoms with Crippen molar-refractivity contribution in [1.82, 2.24) is 9.97 Å². The first-order valence-corrected chi connectivity index (χ1v) is 8.30. The third kappa shape index (κ3) is 2.96. The highest BCUT2D eigenvalue weighted by Crippen LogP contribution is 2.28. The molecule has 0 aliphatic rings. The van der Waals surface area contributed by atoms with E-state index in [0.29, 0.717) is 0 Å². The fraction of sp³-hybridized carbons (Fsp3) is 0.154. The normalized spacial score (nSPS) is 11.1. The van der Waals surface area contributed by atoms with E-state index in [-0.39, 0.29) is 0 Å². The van der Waals surface area contributed by atoms with Gasteiger partial charge in [0.2, 0.25) is 0 Å². The van der Waals surface area contributed by atoms with Gasteiger partial charge in [0.25, 0.3) is 0 Å². The molecule has 0 fully saturated rings. The number of fused-ring (bicyclic) bond motifs is 1. The Hall–Kier alpha value is -0.980. The van der Waals surface area contributed by atoms with Crippen molar-refractivity contribution < 1.29 is 4.74 Å². The van der Waals surface area contributed by atoms with Crippen molar-refractivity contribution in [1.29, 1.82) is 0 Å². The lowest BCUT2D eigenvalue weighted by molar-refractivity contribution is 0.415. The van der Waals surface area contributed by atoms with E-state index in [9.17, 15) is 0 Å². The van der Waals surface area contributed by atoms with E-state index in [2.05, 4.69) is 37.3 Å². The molecule has 98 valence electrons. The Balaban J connectivity index is 1.77. The van der Waals surface area contributed by atoms with Crippen molar-refractivity contribution in [3.05, 3.63) is 39.0 Å². The minimum atomic E-state index is 0.842. The van der Waals surface area contributed by atoms with Crippen LogP contribution in [0.15, 0.2) is 39.3 Å². The maximum absolute atomic E-state index is 5.21. The van der Waals surface area contributed by atoms with Gasteiger partial charge in [0.15, 0.2) is 5.16 Å². The van der Waals surface area contributed by atoms with Crippen LogP contribution in [0.2, 0.25) is 0 Å². The number of methoxy groups -OCH3 is 1. The van der Waals surface area contributed by atoms with Crippen LogP contribution in [0.1, 0.15) is 4.88 Å². The van der Waals surface area contributed by atoms with Crippen LogP contribution in [-0.4, -0.2) is 17.1 Å². The molecule has 1 N–H and O–H groups in total. The number of ether oxygens (including phenoxy) is 1. The van der Waals surface area contributed by atoms with Gasteiger partial charge < -0.3 is 9.72 Å². The van der Waals surface area contributed by atoms with Gasteiger partial charge in [-0.25, -0.2) is 4.98 Å². The molecule has 0 saturated heterocycles. The average molecular weight is 355 g/mol. The number of aromatic amines is 1. The first kappa shape index (κ1) is 13.0. The van der Waals surface area contributed by atoms with E-state index in [0.717, 1.165) is 32.2 Å². The summed E-state index contributed by atoms with van der Waals surface area (Å²) >= 11 is 6.93. The minimum Gasteiger partial charge on any atom is -0.497 e. The van der Waals surface area contributed by atoms with Gasteiger partial charge in [-0.3, -0.25) is 0 Å². The number of nitrogens with zero attached hydrogens (tertiary/aromatic N) is 1. The van der Waals surface area contributed by atoms with Gasteiger partial charge in [-0.05, 0) is 34.1 Å². The summed E-state index contributed by atoms with van der Waals surface area (Å²) in [6.45, 7) is 0. The number of benzene rings is 1. The third-order valence-corrected chi connectivity index (χ3v) is 5.44. The SMILES string of the molecule is COc1ccc2nc(SCc3cc(Br)cs3)[nH]c2c1. The number of hydrogen-bond acceptors (Lipinski definition) is 4. The number of imidazole rings is 1. The van der Waals surface area contributed by atoms with E-state index in [1.807, 2.05) is 18.2 Å². The van der Waals surface area contributed by atoms with Crippen molar-refractivity contribution in [3.63, 3.8) is 0 Å². The molecule has 2 heterocycles. The summed E-state index contributed by atoms with van der Waals surface area (Å²) in [7, 11) is 1.67. The molecular weight excluding hydrogens is 344 g/mol. The molecule has 0 bridgehead atoms. The molecule has 3 rings (SSSR count). The zero-order valence-corrected chi connectivity index (χ0v) is 13.4. The van der Waals surface area contributed by atoms with Crippen molar-refractivity contribution in [3.8, 4) is 5.75 Å². The Morgan fingerprint density at radius 2 is 2.32 bits per heavy atom. The Kier molecular flexibility index (Phi) is 3.81. The maximum atomic E-state index is 5.21. The smallest absolute Gasteiger partial charge is 0.166 e. The molecule has 0 spiro atoms. The lowest BCUT2D eigenvalue weighted by Crippen LogP contribution is -1.81. The zero-order chi connectivity index (χ0) is 13.2. The topological polar surface area (TPSA) is 37.9 Å². The Morgan fingerprint density at radius 1 is 1.42 bits per heavy atom. The summed E-state index contributed by atoms with van der Waals surface area (Å²) in [6, 6.07) is 8.00. The fourth-order valence-electron chi connectivity index (χ4n) is 1.73. The van der Waals surface area contributed by atoms with Gasteiger partial charge >= 0.3 is 0 Å². The third-order valence-electron chi connectivity index (χ3n) is 2.64. The number of rotatable bonds is 4. The highest BCUT2D eigenvalue weighted by Gasteiger charge is 2.06. The van der Waals surface area contributed by atoms with Gasteiger partial charge in [0.05, 0.1) is 18.1 Å². The average Bonchev–Trinajstić information content (AvgIpc) is 3.01. The van der Waals surface area contributed by atoms with Crippen LogP contribution in [0.5, 0.6) is 5.75 Å². The first-order chi connectivity index (χ1) is 9.24. The highest BCUT2D eigenvalue weighted by molar-refractivity contribution is 9.10. The second-order valence-electron chi connectivity index (χ2n) is 3.94. The van der Waals surface area contributed by atoms with Gasteiger partial charge in [0, 0.05) is 26.5 Å². The predicted octanol–water partition coefficient (Wildman–Crippen LogP) is 4.69. The standard InChI is InChI=1S/C13H11BrN2OS2/c1-17-9-2-3-11-12(5-9)16-13(15-11)19-7-10-4-8(14)6-18-10/h2-6H,7H2,1H3,(H,15,16). The number of thiophene rings is 1. The molecule has 1 aromatic carbocycles. The molecule has 6 heteroatoms. The largest absolute Gasteiger partial charge is 0.497 e. The minimum absolute atomic E-state index is 0.842. The monoisotopic (exact) mass is 354 g/mol. The van der Waals surface area contributed by atoms with Crippen LogP contribution in [0.4, 0.5) is 0 Å². The van der Waals surface area contributed by atoms with Crippen LogP contribution in [0.3, 0.4) is 0 Å². The summed E-state index contributed by atoms with van der Waals surface area (Å²) < 4.78 is 6.35. The van der Waals surface area contributed by atoms with Crippen molar-refractivity contribution in [2.45, 2.75) is 10.9 Å². The molecule has 0 aliphatic carbocycles. The van der Waals surface area contributed by atoms with Crippen molar-refractivity contribution >= 4 is 50.1 Å². The summed E-state index contributed by atoms with van der Waals surface area (Å²) in [5, 5.41) is 3.03. The number of thioether (sulfide) groups is 1. The van der Waals surface area contributed by atoms with Gasteiger partial charge in [-0.15, -0.1) is 11.3 Å². The van der Waals surface area contributed by atoms with Crippen molar-refractivity contribution in [2.24, 2.45) is 0 Å². The van der Waals surface area contributed by atoms with Gasteiger partial charge in [0.1, 0.15) is 5.75 Å². The Bertz CT molecular complexity index is 708. The fourth-order valence-corrected chi connectivity index (χ4v) is 4.12. The summed E-state index contributed by atoms with van der Waals surface area (Å²) in [5.41, 5.74) is 1.98. The molecule has 0 saturated carbocycles. The zero-order valence-electron chi connectivity index (χ0n) is 10.1. The molecule has 0 atom stereocenters. The number of H-pyrrole nitrogens is 1. The first-order valence-electron chi connectivity index (χ1n) is 5.64. The summed E-state index contributed by atoms with van der Waals surface area (Å²) in [5.74, 6) is 1.77. The molecule has 0 radical (unpaired) electrons. The second-order valence-corrected chi connectivity index (χ2v) is 6.82. The van der Waals surface area contributed by atoms with Crippen LogP contribution in [0, 0.1) is 0 Å². The molecular formula is C13H11BrN2OS2. The number of nitrogens with one attached hydrogen (secondary N) is 1. The quantitative estimate of drug-likeness (QED) is 0.690. The van der Waals surface area contributed by atoms with Crippen LogP contribution >= 0.6 is 39.0 Å². The molecule has 0 aliphatic heterocycles. The maximum Gasteiger partial charge on any atom is 0.166 e. The van der Waals surface area contributed by atoms with Crippen LogP contribution < -0.4 is 4.74 Å². The molecule has 3 aromatic rings. The lowest BCUT2D eigenvalue weighted by Gasteiger charge is -1.96. The Labute approximate surface area is 127 Å². The van der Waals surface area contributed by atoms with Crippen LogP contribution in [0.25, 0.3) is 11.0 Å². The van der Waals surface area contributed by atoms with E-state index in [4.69, 9.17) is 4.74 Å². The predicted molar refractivity (Wildman–Crippen MR) is 84.2 cm³/mol. The Morgan fingerprint density at radius 3 is 3.05 bits per heavy atom. The molecule has 2 aromatic heterocycles. The molecule has 19 heavy (non-hydrogen) atoms. The van der Waals surface area contributed by atoms with Gasteiger partial charge in [-0.2, -0.15) is 0 Å². The molecule has 3 nitrogen and oxygen atoms in total.